The molecule has 0 aliphatic carbocycles. The van der Waals surface area contributed by atoms with Gasteiger partial charge < -0.3 is 19.3 Å². The van der Waals surface area contributed by atoms with Crippen LogP contribution < -0.4 is 9.64 Å². The summed E-state index contributed by atoms with van der Waals surface area (Å²) in [6, 6.07) is 5.73. The maximum absolute atomic E-state index is 11.8. The van der Waals surface area contributed by atoms with Crippen LogP contribution in [0.4, 0.5) is 10.7 Å². The van der Waals surface area contributed by atoms with Crippen LogP contribution in [0.3, 0.4) is 0 Å². The minimum atomic E-state index is -0.379. The lowest BCUT2D eigenvalue weighted by molar-refractivity contribution is 0.0618. The minimum Gasteiger partial charge on any atom is -0.486 e. The van der Waals surface area contributed by atoms with E-state index >= 15 is 0 Å². The molecule has 2 saturated heterocycles. The molecule has 39 heavy (non-hydrogen) atoms. The van der Waals surface area contributed by atoms with Crippen molar-refractivity contribution in [3.05, 3.63) is 58.6 Å². The smallest absolute Gasteiger partial charge is 0.409 e. The number of likely N-dealkylation sites (tertiary alicyclic amines) is 1. The number of nitrogens with one attached hydrogen (secondary N) is 1. The molecule has 1 unspecified atom stereocenters. The standard InChI is InChI=1S/C27H27Cl2N7O3/c1-16(23-20(28)12-30-13-21(23)29)39-18-3-4-22-19(9-18)24(34-33-22)17-10-31-25(32-11-17)36-14-27(15-36)5-7-35(8-6-27)26(37)38-2/h3-4,9-13,16H,5-8,14-15H2,1-2H3,(H,33,34). The Bertz CT molecular complexity index is 1490. The van der Waals surface area contributed by atoms with Crippen molar-refractivity contribution in [3.63, 3.8) is 0 Å². The molecule has 2 fully saturated rings. The molecule has 1 spiro atoms. The fourth-order valence-corrected chi connectivity index (χ4v) is 6.15. The van der Waals surface area contributed by atoms with Gasteiger partial charge in [0.05, 0.1) is 22.7 Å². The highest BCUT2D eigenvalue weighted by molar-refractivity contribution is 6.35. The van der Waals surface area contributed by atoms with E-state index in [9.17, 15) is 4.79 Å². The van der Waals surface area contributed by atoms with Crippen LogP contribution in [0.1, 0.15) is 31.4 Å². The van der Waals surface area contributed by atoms with Gasteiger partial charge in [0, 0.05) is 72.9 Å². The van der Waals surface area contributed by atoms with E-state index in [-0.39, 0.29) is 17.6 Å². The van der Waals surface area contributed by atoms with Gasteiger partial charge in [0.15, 0.2) is 0 Å². The van der Waals surface area contributed by atoms with Gasteiger partial charge in [-0.15, -0.1) is 0 Å². The molecule has 2 aliphatic heterocycles. The Hall–Kier alpha value is -3.63. The molecule has 3 aromatic heterocycles. The number of pyridine rings is 1. The second kappa shape index (κ2) is 10.2. The number of fused-ring (bicyclic) bond motifs is 1. The third-order valence-electron chi connectivity index (χ3n) is 7.65. The lowest BCUT2D eigenvalue weighted by atomic mass is 9.72. The van der Waals surface area contributed by atoms with Crippen LogP contribution in [0.25, 0.3) is 22.2 Å². The molecular weight excluding hydrogens is 541 g/mol. The van der Waals surface area contributed by atoms with Gasteiger partial charge in [-0.3, -0.25) is 10.1 Å². The van der Waals surface area contributed by atoms with Crippen molar-refractivity contribution < 1.29 is 14.3 Å². The number of ether oxygens (including phenoxy) is 2. The van der Waals surface area contributed by atoms with Crippen LogP contribution >= 0.6 is 23.2 Å². The lowest BCUT2D eigenvalue weighted by Gasteiger charge is -2.53. The zero-order chi connectivity index (χ0) is 27.1. The van der Waals surface area contributed by atoms with Crippen molar-refractivity contribution >= 4 is 46.1 Å². The molecule has 0 saturated carbocycles. The number of H-pyrrole nitrogens is 1. The molecule has 10 nitrogen and oxygen atoms in total. The Kier molecular flexibility index (Phi) is 6.68. The fourth-order valence-electron chi connectivity index (χ4n) is 5.48. The number of nitrogens with zero attached hydrogens (tertiary/aromatic N) is 6. The number of carbonyl (C=O) groups excluding carboxylic acids is 1. The van der Waals surface area contributed by atoms with Crippen molar-refractivity contribution in [2.75, 3.05) is 38.2 Å². The van der Waals surface area contributed by atoms with Gasteiger partial charge in [-0.05, 0) is 38.0 Å². The largest absolute Gasteiger partial charge is 0.486 e. The summed E-state index contributed by atoms with van der Waals surface area (Å²) in [6.45, 7) is 5.11. The maximum atomic E-state index is 11.8. The number of hydrogen-bond acceptors (Lipinski definition) is 8. The monoisotopic (exact) mass is 567 g/mol. The number of methoxy groups -OCH3 is 1. The lowest BCUT2D eigenvalue weighted by Crippen LogP contribution is -2.61. The SMILES string of the molecule is COC(=O)N1CCC2(CC1)CN(c1ncc(-c3n[nH]c4ccc(OC(C)c5c(Cl)cncc5Cl)cc34)cn1)C2. The normalized spacial score (nSPS) is 17.2. The van der Waals surface area contributed by atoms with E-state index < -0.39 is 0 Å². The van der Waals surface area contributed by atoms with Gasteiger partial charge in [-0.1, -0.05) is 23.2 Å². The number of hydrogen-bond donors (Lipinski definition) is 1. The summed E-state index contributed by atoms with van der Waals surface area (Å²) < 4.78 is 11.0. The fraction of sp³-hybridized carbons (Fsp3) is 0.370. The van der Waals surface area contributed by atoms with Gasteiger partial charge in [0.25, 0.3) is 0 Å². The molecule has 2 aliphatic rings. The van der Waals surface area contributed by atoms with E-state index in [0.717, 1.165) is 61.2 Å². The molecule has 1 N–H and O–H groups in total. The summed E-state index contributed by atoms with van der Waals surface area (Å²) in [6.07, 6.45) is 7.99. The van der Waals surface area contributed by atoms with Crippen LogP contribution in [0.2, 0.25) is 10.0 Å². The molecule has 1 amide bonds. The first-order valence-corrected chi connectivity index (χ1v) is 13.5. The van der Waals surface area contributed by atoms with Crippen LogP contribution in [0, 0.1) is 5.41 Å². The molecule has 202 valence electrons. The van der Waals surface area contributed by atoms with E-state index in [1.807, 2.05) is 25.1 Å². The number of rotatable bonds is 5. The number of carbonyl (C=O) groups is 1. The number of aromatic nitrogens is 5. The first-order chi connectivity index (χ1) is 18.9. The summed E-state index contributed by atoms with van der Waals surface area (Å²) in [4.78, 5) is 29.0. The van der Waals surface area contributed by atoms with E-state index in [1.165, 1.54) is 7.11 Å². The molecule has 4 aromatic rings. The summed E-state index contributed by atoms with van der Waals surface area (Å²) in [7, 11) is 1.43. The molecule has 0 radical (unpaired) electrons. The minimum absolute atomic E-state index is 0.212. The van der Waals surface area contributed by atoms with E-state index in [0.29, 0.717) is 27.3 Å². The molecule has 1 atom stereocenters. The van der Waals surface area contributed by atoms with Crippen molar-refractivity contribution in [1.29, 1.82) is 0 Å². The van der Waals surface area contributed by atoms with Crippen molar-refractivity contribution in [2.24, 2.45) is 5.41 Å². The number of benzene rings is 1. The Morgan fingerprint density at radius 3 is 2.44 bits per heavy atom. The first-order valence-electron chi connectivity index (χ1n) is 12.7. The quantitative estimate of drug-likeness (QED) is 0.335. The average Bonchev–Trinajstić information content (AvgIpc) is 3.34. The molecule has 0 bridgehead atoms. The van der Waals surface area contributed by atoms with E-state index in [1.54, 1.807) is 29.7 Å². The van der Waals surface area contributed by atoms with E-state index in [2.05, 4.69) is 30.0 Å². The van der Waals surface area contributed by atoms with E-state index in [4.69, 9.17) is 32.7 Å². The summed E-state index contributed by atoms with van der Waals surface area (Å²) in [5.74, 6) is 1.35. The second-order valence-electron chi connectivity index (χ2n) is 10.1. The van der Waals surface area contributed by atoms with Gasteiger partial charge in [0.2, 0.25) is 5.95 Å². The highest BCUT2D eigenvalue weighted by Gasteiger charge is 2.46. The Balaban J connectivity index is 1.14. The maximum Gasteiger partial charge on any atom is 0.409 e. The number of piperidine rings is 1. The first kappa shape index (κ1) is 25.6. The third kappa shape index (κ3) is 4.83. The zero-order valence-corrected chi connectivity index (χ0v) is 23.0. The van der Waals surface area contributed by atoms with Crippen molar-refractivity contribution in [3.8, 4) is 17.0 Å². The number of halogens is 2. The molecule has 5 heterocycles. The summed E-state index contributed by atoms with van der Waals surface area (Å²) in [5.41, 5.74) is 3.31. The Labute approximate surface area is 235 Å². The van der Waals surface area contributed by atoms with Gasteiger partial charge in [-0.25, -0.2) is 14.8 Å². The molecule has 12 heteroatoms. The highest BCUT2D eigenvalue weighted by atomic mass is 35.5. The third-order valence-corrected chi connectivity index (χ3v) is 8.25. The zero-order valence-electron chi connectivity index (χ0n) is 21.5. The number of anilines is 1. The van der Waals surface area contributed by atoms with Gasteiger partial charge in [0.1, 0.15) is 17.5 Å². The van der Waals surface area contributed by atoms with Gasteiger partial charge in [-0.2, -0.15) is 5.10 Å². The van der Waals surface area contributed by atoms with Crippen LogP contribution in [-0.4, -0.2) is 69.4 Å². The predicted molar refractivity (Wildman–Crippen MR) is 148 cm³/mol. The number of amides is 1. The van der Waals surface area contributed by atoms with Crippen molar-refractivity contribution in [1.82, 2.24) is 30.0 Å². The summed E-state index contributed by atoms with van der Waals surface area (Å²) >= 11 is 12.6. The molecule has 1 aromatic carbocycles. The van der Waals surface area contributed by atoms with Gasteiger partial charge >= 0.3 is 6.09 Å². The Morgan fingerprint density at radius 1 is 1.08 bits per heavy atom. The van der Waals surface area contributed by atoms with Crippen LogP contribution in [0.5, 0.6) is 5.75 Å². The van der Waals surface area contributed by atoms with Crippen LogP contribution in [-0.2, 0) is 4.74 Å². The molecule has 6 rings (SSSR count). The number of aromatic amines is 1. The topological polar surface area (TPSA) is 109 Å². The summed E-state index contributed by atoms with van der Waals surface area (Å²) in [5, 5.41) is 9.39. The highest BCUT2D eigenvalue weighted by Crippen LogP contribution is 2.42. The second-order valence-corrected chi connectivity index (χ2v) is 11.0. The van der Waals surface area contributed by atoms with Crippen LogP contribution in [0.15, 0.2) is 43.0 Å². The van der Waals surface area contributed by atoms with Crippen molar-refractivity contribution in [2.45, 2.75) is 25.9 Å². The average molecular weight is 568 g/mol. The Morgan fingerprint density at radius 2 is 1.77 bits per heavy atom. The predicted octanol–water partition coefficient (Wildman–Crippen LogP) is 5.53. The molecular formula is C27H27Cl2N7O3.